The van der Waals surface area contributed by atoms with Crippen LogP contribution < -0.4 is 5.32 Å². The maximum absolute atomic E-state index is 13.2. The highest BCUT2D eigenvalue weighted by Gasteiger charge is 2.29. The Balaban J connectivity index is 0.00000200. The second-order valence-corrected chi connectivity index (χ2v) is 4.47. The molecule has 8 heteroatoms. The SMILES string of the molecule is C[C@@H]1CNCCN1C(=O)c1cc(F)ccc1[N+](=O)[O-].Cl. The van der Waals surface area contributed by atoms with Gasteiger partial charge in [0.2, 0.25) is 0 Å². The zero-order valence-corrected chi connectivity index (χ0v) is 11.7. The number of carbonyl (C=O) groups is 1. The van der Waals surface area contributed by atoms with Crippen LogP contribution in [0.15, 0.2) is 18.2 Å². The van der Waals surface area contributed by atoms with Crippen molar-refractivity contribution in [3.05, 3.63) is 39.7 Å². The van der Waals surface area contributed by atoms with Crippen molar-refractivity contribution in [1.29, 1.82) is 0 Å². The number of nitrogens with one attached hydrogen (secondary N) is 1. The summed E-state index contributed by atoms with van der Waals surface area (Å²) >= 11 is 0. The molecule has 1 N–H and O–H groups in total. The Labute approximate surface area is 121 Å². The number of amides is 1. The Morgan fingerprint density at radius 1 is 1.55 bits per heavy atom. The molecule has 20 heavy (non-hydrogen) atoms. The molecule has 110 valence electrons. The number of halogens is 2. The smallest absolute Gasteiger partial charge is 0.282 e. The first-order valence-electron chi connectivity index (χ1n) is 5.96. The highest BCUT2D eigenvalue weighted by atomic mass is 35.5. The van der Waals surface area contributed by atoms with Gasteiger partial charge in [-0.25, -0.2) is 4.39 Å². The molecule has 1 saturated heterocycles. The fourth-order valence-corrected chi connectivity index (χ4v) is 2.14. The third-order valence-electron chi connectivity index (χ3n) is 3.15. The van der Waals surface area contributed by atoms with E-state index in [2.05, 4.69) is 5.32 Å². The Hall–Kier alpha value is -1.73. The molecule has 2 rings (SSSR count). The predicted octanol–water partition coefficient (Wildman–Crippen LogP) is 1.59. The summed E-state index contributed by atoms with van der Waals surface area (Å²) in [6.07, 6.45) is 0. The van der Waals surface area contributed by atoms with Crippen molar-refractivity contribution < 1.29 is 14.1 Å². The minimum atomic E-state index is -0.667. The van der Waals surface area contributed by atoms with Gasteiger partial charge < -0.3 is 10.2 Å². The maximum Gasteiger partial charge on any atom is 0.282 e. The van der Waals surface area contributed by atoms with Crippen LogP contribution in [0.3, 0.4) is 0 Å². The summed E-state index contributed by atoms with van der Waals surface area (Å²) in [5.41, 5.74) is -0.559. The Kier molecular flexibility index (Phi) is 5.41. The van der Waals surface area contributed by atoms with E-state index in [0.29, 0.717) is 19.6 Å². The average Bonchev–Trinajstić information content (AvgIpc) is 2.38. The monoisotopic (exact) mass is 303 g/mol. The van der Waals surface area contributed by atoms with Crippen LogP contribution in [0.5, 0.6) is 0 Å². The van der Waals surface area contributed by atoms with E-state index in [-0.39, 0.29) is 29.7 Å². The second kappa shape index (κ2) is 6.62. The van der Waals surface area contributed by atoms with Gasteiger partial charge in [0.25, 0.3) is 11.6 Å². The van der Waals surface area contributed by atoms with E-state index in [9.17, 15) is 19.3 Å². The number of rotatable bonds is 2. The van der Waals surface area contributed by atoms with Crippen molar-refractivity contribution in [2.45, 2.75) is 13.0 Å². The van der Waals surface area contributed by atoms with Gasteiger partial charge in [-0.1, -0.05) is 0 Å². The van der Waals surface area contributed by atoms with E-state index in [1.165, 1.54) is 4.90 Å². The van der Waals surface area contributed by atoms with E-state index in [1.54, 1.807) is 0 Å². The molecule has 0 spiro atoms. The molecular formula is C12H15ClFN3O3. The lowest BCUT2D eigenvalue weighted by atomic mass is 10.1. The first kappa shape index (κ1) is 16.3. The van der Waals surface area contributed by atoms with E-state index < -0.39 is 16.6 Å². The molecule has 0 radical (unpaired) electrons. The van der Waals surface area contributed by atoms with Crippen LogP contribution in [-0.2, 0) is 0 Å². The standard InChI is InChI=1S/C12H14FN3O3.ClH/c1-8-7-14-4-5-15(8)12(17)10-6-9(13)2-3-11(10)16(18)19;/h2-3,6,8,14H,4-5,7H2,1H3;1H/t8-;/m1./s1. The van der Waals surface area contributed by atoms with Crippen molar-refractivity contribution in [2.75, 3.05) is 19.6 Å². The summed E-state index contributed by atoms with van der Waals surface area (Å²) in [5, 5.41) is 14.0. The number of hydrogen-bond donors (Lipinski definition) is 1. The molecule has 1 aromatic rings. The van der Waals surface area contributed by atoms with Gasteiger partial charge in [-0.3, -0.25) is 14.9 Å². The molecule has 0 aromatic heterocycles. The highest BCUT2D eigenvalue weighted by molar-refractivity contribution is 5.98. The minimum absolute atomic E-state index is 0. The average molecular weight is 304 g/mol. The Bertz CT molecular complexity index is 527. The van der Waals surface area contributed by atoms with Crippen LogP contribution in [0.25, 0.3) is 0 Å². The minimum Gasteiger partial charge on any atom is -0.333 e. The van der Waals surface area contributed by atoms with Gasteiger partial charge in [-0.15, -0.1) is 12.4 Å². The van der Waals surface area contributed by atoms with Crippen molar-refractivity contribution in [2.24, 2.45) is 0 Å². The summed E-state index contributed by atoms with van der Waals surface area (Å²) in [7, 11) is 0. The van der Waals surface area contributed by atoms with Crippen molar-refractivity contribution in [1.82, 2.24) is 10.2 Å². The van der Waals surface area contributed by atoms with Gasteiger partial charge in [0.05, 0.1) is 4.92 Å². The fraction of sp³-hybridized carbons (Fsp3) is 0.417. The Morgan fingerprint density at radius 2 is 2.25 bits per heavy atom. The van der Waals surface area contributed by atoms with Gasteiger partial charge >= 0.3 is 0 Å². The number of benzene rings is 1. The molecule has 0 aliphatic carbocycles. The molecule has 1 amide bonds. The predicted molar refractivity (Wildman–Crippen MR) is 73.7 cm³/mol. The molecule has 1 aliphatic rings. The zero-order chi connectivity index (χ0) is 14.0. The molecule has 1 heterocycles. The molecule has 1 aliphatic heterocycles. The van der Waals surface area contributed by atoms with Crippen molar-refractivity contribution in [3.8, 4) is 0 Å². The molecule has 6 nitrogen and oxygen atoms in total. The number of piperazine rings is 1. The molecular weight excluding hydrogens is 289 g/mol. The lowest BCUT2D eigenvalue weighted by Crippen LogP contribution is -2.52. The van der Waals surface area contributed by atoms with Gasteiger partial charge in [0, 0.05) is 31.7 Å². The summed E-state index contributed by atoms with van der Waals surface area (Å²) in [6, 6.07) is 2.85. The zero-order valence-electron chi connectivity index (χ0n) is 10.8. The number of nitrogens with zero attached hydrogens (tertiary/aromatic N) is 2. The van der Waals surface area contributed by atoms with Crippen LogP contribution in [0.2, 0.25) is 0 Å². The number of hydrogen-bond acceptors (Lipinski definition) is 4. The maximum atomic E-state index is 13.2. The molecule has 1 atom stereocenters. The normalized spacial score (nSPS) is 18.3. The summed E-state index contributed by atoms with van der Waals surface area (Å²) < 4.78 is 13.2. The third kappa shape index (κ3) is 3.23. The van der Waals surface area contributed by atoms with Crippen LogP contribution in [0.1, 0.15) is 17.3 Å². The second-order valence-electron chi connectivity index (χ2n) is 4.47. The van der Waals surface area contributed by atoms with E-state index in [1.807, 2.05) is 6.92 Å². The van der Waals surface area contributed by atoms with E-state index in [4.69, 9.17) is 0 Å². The van der Waals surface area contributed by atoms with E-state index in [0.717, 1.165) is 18.2 Å². The third-order valence-corrected chi connectivity index (χ3v) is 3.15. The first-order chi connectivity index (χ1) is 9.00. The quantitative estimate of drug-likeness (QED) is 0.665. The largest absolute Gasteiger partial charge is 0.333 e. The van der Waals surface area contributed by atoms with Crippen molar-refractivity contribution in [3.63, 3.8) is 0 Å². The number of carbonyl (C=O) groups excluding carboxylic acids is 1. The summed E-state index contributed by atoms with van der Waals surface area (Å²) in [4.78, 5) is 24.1. The molecule has 0 unspecified atom stereocenters. The van der Waals surface area contributed by atoms with Gasteiger partial charge in [0.15, 0.2) is 0 Å². The topological polar surface area (TPSA) is 75.5 Å². The fourth-order valence-electron chi connectivity index (χ4n) is 2.14. The lowest BCUT2D eigenvalue weighted by Gasteiger charge is -2.33. The van der Waals surface area contributed by atoms with Crippen LogP contribution in [-0.4, -0.2) is 41.4 Å². The molecule has 0 saturated carbocycles. The molecule has 1 aromatic carbocycles. The first-order valence-corrected chi connectivity index (χ1v) is 5.96. The summed E-state index contributed by atoms with van der Waals surface area (Å²) in [6.45, 7) is 3.54. The van der Waals surface area contributed by atoms with Crippen molar-refractivity contribution >= 4 is 24.0 Å². The molecule has 1 fully saturated rings. The Morgan fingerprint density at radius 3 is 2.85 bits per heavy atom. The van der Waals surface area contributed by atoms with Crippen LogP contribution in [0, 0.1) is 15.9 Å². The number of nitro groups is 1. The summed E-state index contributed by atoms with van der Waals surface area (Å²) in [5.74, 6) is -1.16. The van der Waals surface area contributed by atoms with Gasteiger partial charge in [0.1, 0.15) is 11.4 Å². The van der Waals surface area contributed by atoms with Crippen LogP contribution in [0.4, 0.5) is 10.1 Å². The van der Waals surface area contributed by atoms with E-state index >= 15 is 0 Å². The highest BCUT2D eigenvalue weighted by Crippen LogP contribution is 2.22. The number of nitro benzene ring substituents is 1. The van der Waals surface area contributed by atoms with Gasteiger partial charge in [-0.05, 0) is 19.1 Å². The van der Waals surface area contributed by atoms with Crippen LogP contribution >= 0.6 is 12.4 Å². The lowest BCUT2D eigenvalue weighted by molar-refractivity contribution is -0.385. The van der Waals surface area contributed by atoms with Gasteiger partial charge in [-0.2, -0.15) is 0 Å². The molecule has 0 bridgehead atoms.